The molecule has 2 aromatic rings. The van der Waals surface area contributed by atoms with E-state index in [9.17, 15) is 19.2 Å². The number of aryl methyl sites for hydroxylation is 2. The highest BCUT2D eigenvalue weighted by Crippen LogP contribution is 2.32. The summed E-state index contributed by atoms with van der Waals surface area (Å²) >= 11 is 0. The van der Waals surface area contributed by atoms with Crippen LogP contribution in [0.25, 0.3) is 0 Å². The maximum Gasteiger partial charge on any atom is 0.330 e. The van der Waals surface area contributed by atoms with Crippen molar-refractivity contribution in [1.82, 2.24) is 9.55 Å². The summed E-state index contributed by atoms with van der Waals surface area (Å²) < 4.78 is 12.7. The lowest BCUT2D eigenvalue weighted by Crippen LogP contribution is -2.34. The minimum absolute atomic E-state index is 0.0670. The third kappa shape index (κ3) is 5.58. The molecule has 1 fully saturated rings. The zero-order valence-corrected chi connectivity index (χ0v) is 18.1. The molecular weight excluding hydrogens is 400 g/mol. The molecule has 1 aromatic carbocycles. The molecule has 2 heterocycles. The van der Waals surface area contributed by atoms with Gasteiger partial charge in [0.2, 0.25) is 0 Å². The number of ketones is 1. The molecule has 166 valence electrons. The van der Waals surface area contributed by atoms with Crippen LogP contribution in [0.5, 0.6) is 0 Å². The Kier molecular flexibility index (Phi) is 7.22. The highest BCUT2D eigenvalue weighted by atomic mass is 16.6. The molecule has 0 unspecified atom stereocenters. The molecule has 8 heteroatoms. The van der Waals surface area contributed by atoms with Crippen molar-refractivity contribution in [2.45, 2.75) is 71.3 Å². The Bertz CT molecular complexity index is 1070. The quantitative estimate of drug-likeness (QED) is 0.646. The Hall–Kier alpha value is -3.00. The fourth-order valence-corrected chi connectivity index (χ4v) is 3.87. The molecule has 0 amide bonds. The maximum atomic E-state index is 12.5. The van der Waals surface area contributed by atoms with Crippen molar-refractivity contribution in [3.05, 3.63) is 68.0 Å². The zero-order chi connectivity index (χ0) is 22.5. The van der Waals surface area contributed by atoms with Gasteiger partial charge < -0.3 is 9.47 Å². The van der Waals surface area contributed by atoms with Crippen molar-refractivity contribution in [3.8, 4) is 0 Å². The molecule has 1 saturated heterocycles. The average molecular weight is 428 g/mol. The smallest absolute Gasteiger partial charge is 0.330 e. The first-order valence-electron chi connectivity index (χ1n) is 10.5. The average Bonchev–Trinajstić information content (AvgIpc) is 3.10. The van der Waals surface area contributed by atoms with Crippen LogP contribution >= 0.6 is 0 Å². The summed E-state index contributed by atoms with van der Waals surface area (Å²) in [5, 5.41) is 0. The first kappa shape index (κ1) is 22.7. The van der Waals surface area contributed by atoms with Gasteiger partial charge in [-0.25, -0.2) is 4.79 Å². The number of ether oxygens (including phenoxy) is 2. The number of nitrogens with zero attached hydrogens (tertiary/aromatic N) is 1. The molecular formula is C23H28N2O6. The summed E-state index contributed by atoms with van der Waals surface area (Å²) in [6.45, 7) is 5.10. The van der Waals surface area contributed by atoms with E-state index in [0.717, 1.165) is 11.1 Å². The van der Waals surface area contributed by atoms with Crippen molar-refractivity contribution in [3.63, 3.8) is 0 Å². The minimum atomic E-state index is -0.685. The number of nitrogens with one attached hydrogen (secondary N) is 1. The summed E-state index contributed by atoms with van der Waals surface area (Å²) in [5.74, 6) is -0.383. The fraction of sp³-hybridized carbons (Fsp3) is 0.478. The summed E-state index contributed by atoms with van der Waals surface area (Å²) in [5.41, 5.74) is 1.52. The van der Waals surface area contributed by atoms with E-state index in [0.29, 0.717) is 24.8 Å². The minimum Gasteiger partial charge on any atom is -0.460 e. The normalized spacial score (nSPS) is 20.5. The van der Waals surface area contributed by atoms with Gasteiger partial charge in [0.25, 0.3) is 5.56 Å². The van der Waals surface area contributed by atoms with Gasteiger partial charge in [-0.3, -0.25) is 23.9 Å². The van der Waals surface area contributed by atoms with E-state index in [1.54, 1.807) is 0 Å². The number of aromatic nitrogens is 2. The number of Topliss-reactive ketones (excluding diaryl/α,β-unsaturated/α-hetero) is 1. The van der Waals surface area contributed by atoms with Crippen molar-refractivity contribution in [1.29, 1.82) is 0 Å². The Morgan fingerprint density at radius 3 is 2.65 bits per heavy atom. The van der Waals surface area contributed by atoms with Gasteiger partial charge in [0.1, 0.15) is 18.1 Å². The molecule has 0 saturated carbocycles. The van der Waals surface area contributed by atoms with Gasteiger partial charge in [-0.15, -0.1) is 0 Å². The third-order valence-electron chi connectivity index (χ3n) is 5.59. The second-order valence-corrected chi connectivity index (χ2v) is 7.87. The number of carbonyl (C=O) groups is 2. The number of carbonyl (C=O) groups excluding carboxylic acids is 2. The lowest BCUT2D eigenvalue weighted by molar-refractivity contribution is -0.149. The Morgan fingerprint density at radius 1 is 1.23 bits per heavy atom. The number of aromatic amines is 1. The lowest BCUT2D eigenvalue weighted by atomic mass is 9.99. The van der Waals surface area contributed by atoms with Crippen LogP contribution in [-0.2, 0) is 31.9 Å². The molecule has 3 rings (SSSR count). The van der Waals surface area contributed by atoms with Crippen molar-refractivity contribution >= 4 is 11.8 Å². The van der Waals surface area contributed by atoms with Gasteiger partial charge in [0, 0.05) is 37.9 Å². The van der Waals surface area contributed by atoms with E-state index in [2.05, 4.69) is 4.98 Å². The summed E-state index contributed by atoms with van der Waals surface area (Å²) in [7, 11) is 0. The van der Waals surface area contributed by atoms with Crippen LogP contribution in [0.2, 0.25) is 0 Å². The highest BCUT2D eigenvalue weighted by molar-refractivity contribution is 5.81. The summed E-state index contributed by atoms with van der Waals surface area (Å²) in [6, 6.07) is 7.74. The summed E-state index contributed by atoms with van der Waals surface area (Å²) in [6.07, 6.45) is 1.43. The molecule has 1 aromatic heterocycles. The van der Waals surface area contributed by atoms with Gasteiger partial charge in [-0.2, -0.15) is 0 Å². The molecule has 0 spiro atoms. The van der Waals surface area contributed by atoms with Crippen molar-refractivity contribution in [2.24, 2.45) is 0 Å². The van der Waals surface area contributed by atoms with Crippen LogP contribution in [0.4, 0.5) is 0 Å². The van der Waals surface area contributed by atoms with E-state index in [1.807, 2.05) is 38.1 Å². The van der Waals surface area contributed by atoms with Crippen LogP contribution in [0.1, 0.15) is 56.0 Å². The first-order chi connectivity index (χ1) is 14.8. The Balaban J connectivity index is 1.71. The monoisotopic (exact) mass is 428 g/mol. The second kappa shape index (κ2) is 9.87. The topological polar surface area (TPSA) is 107 Å². The van der Waals surface area contributed by atoms with Gasteiger partial charge in [-0.1, -0.05) is 31.2 Å². The number of esters is 1. The van der Waals surface area contributed by atoms with Gasteiger partial charge >= 0.3 is 11.7 Å². The zero-order valence-electron chi connectivity index (χ0n) is 18.1. The molecule has 0 aliphatic carbocycles. The maximum absolute atomic E-state index is 12.5. The molecule has 8 nitrogen and oxygen atoms in total. The molecule has 1 aliphatic heterocycles. The number of benzene rings is 1. The van der Waals surface area contributed by atoms with Crippen LogP contribution in [-0.4, -0.2) is 33.5 Å². The van der Waals surface area contributed by atoms with Gasteiger partial charge in [0.05, 0.1) is 6.10 Å². The van der Waals surface area contributed by atoms with E-state index < -0.39 is 35.7 Å². The Morgan fingerprint density at radius 2 is 1.97 bits per heavy atom. The number of rotatable bonds is 8. The van der Waals surface area contributed by atoms with E-state index in [4.69, 9.17) is 9.47 Å². The van der Waals surface area contributed by atoms with Crippen LogP contribution in [0.15, 0.2) is 40.1 Å². The van der Waals surface area contributed by atoms with Crippen LogP contribution in [0.3, 0.4) is 0 Å². The molecule has 1 N–H and O–H groups in total. The van der Waals surface area contributed by atoms with Crippen LogP contribution < -0.4 is 11.2 Å². The van der Waals surface area contributed by atoms with Crippen molar-refractivity contribution < 1.29 is 19.1 Å². The van der Waals surface area contributed by atoms with Gasteiger partial charge in [0.15, 0.2) is 0 Å². The highest BCUT2D eigenvalue weighted by Gasteiger charge is 2.39. The lowest BCUT2D eigenvalue weighted by Gasteiger charge is -2.18. The molecule has 0 bridgehead atoms. The van der Waals surface area contributed by atoms with E-state index in [1.165, 1.54) is 17.7 Å². The second-order valence-electron chi connectivity index (χ2n) is 7.87. The number of hydrogen-bond acceptors (Lipinski definition) is 6. The predicted octanol–water partition coefficient (Wildman–Crippen LogP) is 2.22. The Labute approximate surface area is 180 Å². The van der Waals surface area contributed by atoms with E-state index >= 15 is 0 Å². The molecule has 1 aliphatic rings. The number of hydrogen-bond donors (Lipinski definition) is 1. The number of H-pyrrole nitrogens is 1. The van der Waals surface area contributed by atoms with Crippen molar-refractivity contribution in [2.75, 3.05) is 0 Å². The van der Waals surface area contributed by atoms with Gasteiger partial charge in [-0.05, 0) is 30.9 Å². The molecule has 31 heavy (non-hydrogen) atoms. The molecule has 0 radical (unpaired) electrons. The fourth-order valence-electron chi connectivity index (χ4n) is 3.87. The summed E-state index contributed by atoms with van der Waals surface area (Å²) in [4.78, 5) is 50.5. The van der Waals surface area contributed by atoms with Crippen LogP contribution in [0, 0.1) is 6.92 Å². The largest absolute Gasteiger partial charge is 0.460 e. The third-order valence-corrected chi connectivity index (χ3v) is 5.59. The predicted molar refractivity (Wildman–Crippen MR) is 114 cm³/mol. The standard InChI is InChI=1S/C23H28N2O6/c1-4-16-13-25(23(29)24-22(16)28)21-12-20(30-15(3)26)19(31-21)10-9-18(27)11-17-8-6-5-7-14(17)2/h5-8,13,19-21H,4,9-12H2,1-3H3,(H,24,28,29)/t19-,20+,21-/m1/s1. The van der Waals surface area contributed by atoms with E-state index in [-0.39, 0.29) is 18.6 Å². The molecule has 3 atom stereocenters. The SMILES string of the molecule is CCc1cn([C@H]2C[C@H](OC(C)=O)[C@@H](CCC(=O)Cc3ccccc3C)O2)c(=O)[nH]c1=O. The first-order valence-corrected chi connectivity index (χ1v) is 10.5.